The van der Waals surface area contributed by atoms with Crippen molar-refractivity contribution >= 4 is 27.9 Å². The van der Waals surface area contributed by atoms with E-state index >= 15 is 0 Å². The molecule has 2 aromatic heterocycles. The molecular weight excluding hydrogens is 463 g/mol. The predicted molar refractivity (Wildman–Crippen MR) is 122 cm³/mol. The Kier molecular flexibility index (Phi) is 5.24. The first-order valence-corrected chi connectivity index (χ1v) is 10.3. The van der Waals surface area contributed by atoms with Gasteiger partial charge < -0.3 is 15.5 Å². The Morgan fingerprint density at radius 3 is 2.54 bits per heavy atom. The number of halogens is 3. The summed E-state index contributed by atoms with van der Waals surface area (Å²) in [6, 6.07) is 15.1. The molecule has 11 heteroatoms. The number of H-pyrrole nitrogens is 2. The maximum atomic E-state index is 13.9. The number of nitrogens with two attached hydrogens (primary N) is 1. The van der Waals surface area contributed by atoms with Crippen LogP contribution < -0.4 is 16.0 Å². The normalized spacial score (nSPS) is 11.7. The molecule has 0 saturated carbocycles. The summed E-state index contributed by atoms with van der Waals surface area (Å²) in [6.07, 6.45) is -5.47. The first-order chi connectivity index (χ1) is 16.7. The Morgan fingerprint density at radius 2 is 1.80 bits per heavy atom. The highest BCUT2D eigenvalue weighted by Gasteiger charge is 2.34. The smallest absolute Gasteiger partial charge is 0.376 e. The van der Waals surface area contributed by atoms with Gasteiger partial charge in [-0.15, -0.1) is 0 Å². The number of fused-ring (bicyclic) bond motifs is 2. The number of aromatic amines is 2. The van der Waals surface area contributed by atoms with Crippen molar-refractivity contribution in [2.45, 2.75) is 12.6 Å². The summed E-state index contributed by atoms with van der Waals surface area (Å²) in [7, 11) is 0. The lowest BCUT2D eigenvalue weighted by Crippen LogP contribution is -2.16. The second-order valence-electron chi connectivity index (χ2n) is 7.79. The van der Waals surface area contributed by atoms with E-state index < -0.39 is 17.8 Å². The first-order valence-electron chi connectivity index (χ1n) is 10.3. The molecule has 0 spiro atoms. The van der Waals surface area contributed by atoms with Crippen molar-refractivity contribution in [3.05, 3.63) is 87.8 Å². The van der Waals surface area contributed by atoms with Crippen molar-refractivity contribution in [2.75, 3.05) is 0 Å². The number of nitrogens with one attached hydrogen (secondary N) is 2. The summed E-state index contributed by atoms with van der Waals surface area (Å²) >= 11 is 0. The van der Waals surface area contributed by atoms with Gasteiger partial charge in [0.1, 0.15) is 0 Å². The van der Waals surface area contributed by atoms with Crippen LogP contribution >= 0.6 is 0 Å². The van der Waals surface area contributed by atoms with Gasteiger partial charge in [-0.05, 0) is 41.0 Å². The molecular formula is C24H16F3N5O3. The van der Waals surface area contributed by atoms with Crippen molar-refractivity contribution in [1.29, 1.82) is 0 Å². The second kappa shape index (κ2) is 8.28. The molecule has 0 atom stereocenters. The zero-order valence-corrected chi connectivity index (χ0v) is 17.8. The van der Waals surface area contributed by atoms with E-state index in [2.05, 4.69) is 20.2 Å². The lowest BCUT2D eigenvalue weighted by molar-refractivity contribution is -0.137. The van der Waals surface area contributed by atoms with Gasteiger partial charge in [0.05, 0.1) is 27.7 Å². The standard InChI is InChI=1S/C24H16F3N5O3/c25-24(26,27)17-7-5-12(10-19-14-3-1-2-4-15(14)21(33)32-31-19)9-16(17)13-6-8-18-20(11-13)30-23(29-18)35-22(28)34/h1-9,11H,10H2,(H2,28,34)(H,29,30)(H,32,33). The van der Waals surface area contributed by atoms with Crippen LogP contribution in [0, 0.1) is 0 Å². The zero-order chi connectivity index (χ0) is 24.7. The number of imidazole rings is 1. The van der Waals surface area contributed by atoms with Crippen molar-refractivity contribution in [3.8, 4) is 17.1 Å². The summed E-state index contributed by atoms with van der Waals surface area (Å²) in [5, 5.41) is 7.63. The Labute approximate surface area is 194 Å². The summed E-state index contributed by atoms with van der Waals surface area (Å²) in [5.74, 6) is 0. The van der Waals surface area contributed by atoms with Crippen LogP contribution in [0.2, 0.25) is 0 Å². The molecule has 2 heterocycles. The van der Waals surface area contributed by atoms with E-state index in [0.717, 1.165) is 6.07 Å². The Morgan fingerprint density at radius 1 is 1.03 bits per heavy atom. The van der Waals surface area contributed by atoms with Gasteiger partial charge in [0.2, 0.25) is 0 Å². The average Bonchev–Trinajstić information content (AvgIpc) is 3.21. The molecule has 5 rings (SSSR count). The number of hydrogen-bond donors (Lipinski definition) is 3. The van der Waals surface area contributed by atoms with Gasteiger partial charge in [-0.25, -0.2) is 9.89 Å². The van der Waals surface area contributed by atoms with E-state index in [1.54, 1.807) is 24.3 Å². The monoisotopic (exact) mass is 479 g/mol. The third-order valence-corrected chi connectivity index (χ3v) is 5.50. The van der Waals surface area contributed by atoms with Crippen molar-refractivity contribution in [3.63, 3.8) is 0 Å². The highest BCUT2D eigenvalue weighted by molar-refractivity contribution is 5.85. The molecule has 35 heavy (non-hydrogen) atoms. The molecule has 0 fully saturated rings. The summed E-state index contributed by atoms with van der Waals surface area (Å²) in [4.78, 5) is 29.8. The summed E-state index contributed by atoms with van der Waals surface area (Å²) in [6.45, 7) is 0. The van der Waals surface area contributed by atoms with E-state index in [9.17, 15) is 22.8 Å². The fraction of sp³-hybridized carbons (Fsp3) is 0.0833. The lowest BCUT2D eigenvalue weighted by Gasteiger charge is -2.15. The third-order valence-electron chi connectivity index (χ3n) is 5.50. The van der Waals surface area contributed by atoms with Crippen LogP contribution in [0.3, 0.4) is 0 Å². The number of aromatic nitrogens is 4. The largest absolute Gasteiger partial charge is 0.417 e. The molecule has 0 aliphatic carbocycles. The number of hydrogen-bond acceptors (Lipinski definition) is 5. The van der Waals surface area contributed by atoms with Crippen molar-refractivity contribution < 1.29 is 22.7 Å². The Bertz CT molecular complexity index is 1660. The molecule has 0 aliphatic rings. The number of amides is 1. The molecule has 0 radical (unpaired) electrons. The lowest BCUT2D eigenvalue weighted by atomic mass is 9.94. The molecule has 176 valence electrons. The topological polar surface area (TPSA) is 127 Å². The van der Waals surface area contributed by atoms with E-state index in [1.807, 2.05) is 0 Å². The van der Waals surface area contributed by atoms with Crippen LogP contribution in [0.25, 0.3) is 32.9 Å². The van der Waals surface area contributed by atoms with Gasteiger partial charge >= 0.3 is 18.3 Å². The quantitative estimate of drug-likeness (QED) is 0.349. The van der Waals surface area contributed by atoms with Gasteiger partial charge in [0.15, 0.2) is 0 Å². The molecule has 0 saturated heterocycles. The highest BCUT2D eigenvalue weighted by atomic mass is 19.4. The summed E-state index contributed by atoms with van der Waals surface area (Å²) in [5.41, 5.74) is 5.92. The molecule has 4 N–H and O–H groups in total. The molecule has 0 aliphatic heterocycles. The SMILES string of the molecule is NC(=O)Oc1nc2ccc(-c3cc(Cc4n[nH]c(=O)c5ccccc45)ccc3C(F)(F)F)cc2[nH]1. The van der Waals surface area contributed by atoms with Gasteiger partial charge in [-0.1, -0.05) is 36.4 Å². The first kappa shape index (κ1) is 22.1. The van der Waals surface area contributed by atoms with E-state index in [1.165, 1.54) is 30.3 Å². The minimum atomic E-state index is -4.60. The van der Waals surface area contributed by atoms with Crippen LogP contribution in [0.5, 0.6) is 6.01 Å². The van der Waals surface area contributed by atoms with E-state index in [0.29, 0.717) is 33.1 Å². The number of alkyl halides is 3. The number of benzene rings is 3. The van der Waals surface area contributed by atoms with Crippen LogP contribution in [-0.2, 0) is 12.6 Å². The van der Waals surface area contributed by atoms with Gasteiger partial charge in [-0.2, -0.15) is 23.3 Å². The molecule has 1 amide bonds. The maximum absolute atomic E-state index is 13.9. The summed E-state index contributed by atoms with van der Waals surface area (Å²) < 4.78 is 46.3. The fourth-order valence-corrected chi connectivity index (χ4v) is 3.98. The molecule has 3 aromatic carbocycles. The van der Waals surface area contributed by atoms with Crippen LogP contribution in [0.1, 0.15) is 16.8 Å². The number of carbonyl (C=O) groups excluding carboxylic acids is 1. The number of rotatable bonds is 4. The predicted octanol–water partition coefficient (Wildman–Crippen LogP) is 4.53. The molecule has 0 unspecified atom stereocenters. The Hall–Kier alpha value is -4.67. The molecule has 8 nitrogen and oxygen atoms in total. The zero-order valence-electron chi connectivity index (χ0n) is 17.8. The molecule has 5 aromatic rings. The van der Waals surface area contributed by atoms with Crippen LogP contribution in [0.4, 0.5) is 18.0 Å². The van der Waals surface area contributed by atoms with Crippen LogP contribution in [-0.4, -0.2) is 26.3 Å². The molecule has 0 bridgehead atoms. The second-order valence-corrected chi connectivity index (χ2v) is 7.79. The van der Waals surface area contributed by atoms with Crippen molar-refractivity contribution in [2.24, 2.45) is 5.73 Å². The van der Waals surface area contributed by atoms with Crippen molar-refractivity contribution in [1.82, 2.24) is 20.2 Å². The highest BCUT2D eigenvalue weighted by Crippen LogP contribution is 2.39. The Balaban J connectivity index is 1.60. The third kappa shape index (κ3) is 4.31. The number of primary amides is 1. The number of carbonyl (C=O) groups is 1. The number of nitrogens with zero attached hydrogens (tertiary/aromatic N) is 2. The minimum absolute atomic E-state index is 0.0439. The van der Waals surface area contributed by atoms with E-state index in [4.69, 9.17) is 10.5 Å². The van der Waals surface area contributed by atoms with Gasteiger partial charge in [0, 0.05) is 11.8 Å². The van der Waals surface area contributed by atoms with Gasteiger partial charge in [0.25, 0.3) is 5.56 Å². The van der Waals surface area contributed by atoms with Crippen LogP contribution in [0.15, 0.2) is 65.5 Å². The minimum Gasteiger partial charge on any atom is -0.376 e. The average molecular weight is 479 g/mol. The fourth-order valence-electron chi connectivity index (χ4n) is 3.98. The maximum Gasteiger partial charge on any atom is 0.417 e. The van der Waals surface area contributed by atoms with Gasteiger partial charge in [-0.3, -0.25) is 4.79 Å². The number of ether oxygens (including phenoxy) is 1. The van der Waals surface area contributed by atoms with E-state index in [-0.39, 0.29) is 29.1 Å².